The van der Waals surface area contributed by atoms with Crippen LogP contribution in [0.2, 0.25) is 0 Å². The Balaban J connectivity index is 4.36. The molecule has 0 bridgehead atoms. The first-order chi connectivity index (χ1) is 6.53. The highest BCUT2D eigenvalue weighted by molar-refractivity contribution is 4.86. The molecule has 0 aliphatic carbocycles. The molecule has 2 nitrogen and oxygen atoms in total. The van der Waals surface area contributed by atoms with Crippen LogP contribution < -0.4 is 5.73 Å². The van der Waals surface area contributed by atoms with E-state index in [1.807, 2.05) is 0 Å². The van der Waals surface area contributed by atoms with E-state index < -0.39 is 0 Å². The van der Waals surface area contributed by atoms with Gasteiger partial charge in [-0.3, -0.25) is 4.90 Å². The SMILES string of the molecule is CCC(C)CN(CC)C(C)(CC)CN. The number of likely N-dealkylation sites (N-methyl/N-ethyl adjacent to an activating group) is 1. The monoisotopic (exact) mass is 200 g/mol. The average Bonchev–Trinajstić information content (AvgIpc) is 2.24. The van der Waals surface area contributed by atoms with Crippen LogP contribution in [-0.2, 0) is 0 Å². The van der Waals surface area contributed by atoms with E-state index in [-0.39, 0.29) is 5.54 Å². The maximum absolute atomic E-state index is 5.87. The Morgan fingerprint density at radius 2 is 1.86 bits per heavy atom. The fourth-order valence-electron chi connectivity index (χ4n) is 1.73. The van der Waals surface area contributed by atoms with Gasteiger partial charge in [0.25, 0.3) is 0 Å². The van der Waals surface area contributed by atoms with Gasteiger partial charge in [-0.05, 0) is 25.8 Å². The van der Waals surface area contributed by atoms with E-state index in [0.29, 0.717) is 0 Å². The van der Waals surface area contributed by atoms with Crippen molar-refractivity contribution < 1.29 is 0 Å². The molecule has 0 fully saturated rings. The summed E-state index contributed by atoms with van der Waals surface area (Å²) in [6.45, 7) is 14.3. The van der Waals surface area contributed by atoms with Crippen molar-refractivity contribution in [3.63, 3.8) is 0 Å². The summed E-state index contributed by atoms with van der Waals surface area (Å²) in [5, 5.41) is 0. The lowest BCUT2D eigenvalue weighted by molar-refractivity contribution is 0.0945. The van der Waals surface area contributed by atoms with Crippen LogP contribution in [0.4, 0.5) is 0 Å². The first-order valence-corrected chi connectivity index (χ1v) is 5.99. The maximum Gasteiger partial charge on any atom is 0.0300 e. The molecule has 14 heavy (non-hydrogen) atoms. The van der Waals surface area contributed by atoms with Gasteiger partial charge in [-0.15, -0.1) is 0 Å². The molecular formula is C12H28N2. The lowest BCUT2D eigenvalue weighted by atomic mass is 9.94. The average molecular weight is 200 g/mol. The van der Waals surface area contributed by atoms with Crippen LogP contribution in [0.15, 0.2) is 0 Å². The van der Waals surface area contributed by atoms with Crippen molar-refractivity contribution in [2.24, 2.45) is 11.7 Å². The van der Waals surface area contributed by atoms with Crippen molar-refractivity contribution in [1.82, 2.24) is 4.90 Å². The molecule has 0 aromatic carbocycles. The summed E-state index contributed by atoms with van der Waals surface area (Å²) in [5.74, 6) is 0.771. The fourth-order valence-corrected chi connectivity index (χ4v) is 1.73. The number of nitrogens with two attached hydrogens (primary N) is 1. The minimum absolute atomic E-state index is 0.193. The quantitative estimate of drug-likeness (QED) is 0.684. The molecule has 86 valence electrons. The molecule has 0 aliphatic rings. The van der Waals surface area contributed by atoms with Crippen LogP contribution in [0.25, 0.3) is 0 Å². The number of nitrogens with zero attached hydrogens (tertiary/aromatic N) is 1. The Kier molecular flexibility index (Phi) is 6.38. The molecule has 0 amide bonds. The van der Waals surface area contributed by atoms with Crippen molar-refractivity contribution in [2.45, 2.75) is 53.0 Å². The highest BCUT2D eigenvalue weighted by atomic mass is 15.2. The Labute approximate surface area is 89.9 Å². The second-order valence-corrected chi connectivity index (χ2v) is 4.61. The molecule has 0 aromatic rings. The lowest BCUT2D eigenvalue weighted by Crippen LogP contribution is -2.52. The first kappa shape index (κ1) is 13.9. The molecule has 2 heteroatoms. The molecule has 0 saturated heterocycles. The first-order valence-electron chi connectivity index (χ1n) is 5.99. The Morgan fingerprint density at radius 1 is 1.29 bits per heavy atom. The fraction of sp³-hybridized carbons (Fsp3) is 1.00. The summed E-state index contributed by atoms with van der Waals surface area (Å²) in [6.07, 6.45) is 2.38. The number of hydrogen-bond acceptors (Lipinski definition) is 2. The van der Waals surface area contributed by atoms with Crippen molar-refractivity contribution >= 4 is 0 Å². The van der Waals surface area contributed by atoms with Crippen molar-refractivity contribution in [3.05, 3.63) is 0 Å². The maximum atomic E-state index is 5.87. The van der Waals surface area contributed by atoms with E-state index in [2.05, 4.69) is 39.5 Å². The molecule has 0 radical (unpaired) electrons. The molecule has 0 spiro atoms. The van der Waals surface area contributed by atoms with Crippen molar-refractivity contribution in [2.75, 3.05) is 19.6 Å². The second kappa shape index (κ2) is 6.41. The van der Waals surface area contributed by atoms with Gasteiger partial charge < -0.3 is 5.73 Å². The van der Waals surface area contributed by atoms with Gasteiger partial charge in [0.1, 0.15) is 0 Å². The second-order valence-electron chi connectivity index (χ2n) is 4.61. The van der Waals surface area contributed by atoms with Gasteiger partial charge in [0, 0.05) is 18.6 Å². The van der Waals surface area contributed by atoms with E-state index in [0.717, 1.165) is 25.4 Å². The summed E-state index contributed by atoms with van der Waals surface area (Å²) in [7, 11) is 0. The van der Waals surface area contributed by atoms with Crippen LogP contribution in [0.5, 0.6) is 0 Å². The van der Waals surface area contributed by atoms with Gasteiger partial charge in [-0.1, -0.05) is 34.1 Å². The number of hydrogen-bond donors (Lipinski definition) is 1. The van der Waals surface area contributed by atoms with Crippen LogP contribution in [0.1, 0.15) is 47.5 Å². The minimum Gasteiger partial charge on any atom is -0.329 e. The Bertz CT molecular complexity index is 141. The van der Waals surface area contributed by atoms with E-state index in [1.54, 1.807) is 0 Å². The highest BCUT2D eigenvalue weighted by Gasteiger charge is 2.27. The van der Waals surface area contributed by atoms with E-state index >= 15 is 0 Å². The summed E-state index contributed by atoms with van der Waals surface area (Å²) >= 11 is 0. The van der Waals surface area contributed by atoms with E-state index in [9.17, 15) is 0 Å². The third-order valence-electron chi connectivity index (χ3n) is 3.58. The predicted molar refractivity (Wildman–Crippen MR) is 64.5 cm³/mol. The zero-order valence-corrected chi connectivity index (χ0v) is 10.6. The third-order valence-corrected chi connectivity index (χ3v) is 3.58. The molecule has 2 unspecified atom stereocenters. The smallest absolute Gasteiger partial charge is 0.0300 e. The van der Waals surface area contributed by atoms with Gasteiger partial charge >= 0.3 is 0 Å². The zero-order chi connectivity index (χ0) is 11.2. The van der Waals surface area contributed by atoms with E-state index in [1.165, 1.54) is 13.0 Å². The van der Waals surface area contributed by atoms with Crippen LogP contribution >= 0.6 is 0 Å². The van der Waals surface area contributed by atoms with E-state index in [4.69, 9.17) is 5.73 Å². The normalized spacial score (nSPS) is 18.2. The Morgan fingerprint density at radius 3 is 2.14 bits per heavy atom. The highest BCUT2D eigenvalue weighted by Crippen LogP contribution is 2.19. The molecule has 0 aromatic heterocycles. The largest absolute Gasteiger partial charge is 0.329 e. The predicted octanol–water partition coefficient (Wildman–Crippen LogP) is 2.48. The molecule has 0 rings (SSSR count). The van der Waals surface area contributed by atoms with Crippen molar-refractivity contribution in [1.29, 1.82) is 0 Å². The van der Waals surface area contributed by atoms with Gasteiger partial charge in [0.2, 0.25) is 0 Å². The van der Waals surface area contributed by atoms with Crippen LogP contribution in [0.3, 0.4) is 0 Å². The standard InChI is InChI=1S/C12H28N2/c1-6-11(4)9-14(8-3)12(5,7-2)10-13/h11H,6-10,13H2,1-5H3. The summed E-state index contributed by atoms with van der Waals surface area (Å²) in [4.78, 5) is 2.53. The van der Waals surface area contributed by atoms with Gasteiger partial charge in [0.15, 0.2) is 0 Å². The molecule has 2 atom stereocenters. The lowest BCUT2D eigenvalue weighted by Gasteiger charge is -2.41. The minimum atomic E-state index is 0.193. The molecule has 0 aliphatic heterocycles. The number of rotatable bonds is 7. The summed E-state index contributed by atoms with van der Waals surface area (Å²) in [6, 6.07) is 0. The topological polar surface area (TPSA) is 29.3 Å². The molecular weight excluding hydrogens is 172 g/mol. The summed E-state index contributed by atoms with van der Waals surface area (Å²) in [5.41, 5.74) is 6.06. The van der Waals surface area contributed by atoms with Crippen LogP contribution in [-0.4, -0.2) is 30.1 Å². The van der Waals surface area contributed by atoms with Gasteiger partial charge in [0.05, 0.1) is 0 Å². The van der Waals surface area contributed by atoms with Crippen molar-refractivity contribution in [3.8, 4) is 0 Å². The molecule has 0 saturated carbocycles. The van der Waals surface area contributed by atoms with Crippen LogP contribution in [0, 0.1) is 5.92 Å². The van der Waals surface area contributed by atoms with Gasteiger partial charge in [-0.25, -0.2) is 0 Å². The third kappa shape index (κ3) is 3.58. The summed E-state index contributed by atoms with van der Waals surface area (Å²) < 4.78 is 0. The molecule has 0 heterocycles. The molecule has 2 N–H and O–H groups in total. The Hall–Kier alpha value is -0.0800. The van der Waals surface area contributed by atoms with Gasteiger partial charge in [-0.2, -0.15) is 0 Å². The zero-order valence-electron chi connectivity index (χ0n) is 10.6.